The molecule has 0 bridgehead atoms. The number of aliphatic hydroxyl groups is 2. The van der Waals surface area contributed by atoms with Gasteiger partial charge in [0.2, 0.25) is 0 Å². The van der Waals surface area contributed by atoms with Crippen molar-refractivity contribution in [2.24, 2.45) is 0 Å². The molecule has 0 heterocycles. The topological polar surface area (TPSA) is 40.5 Å². The molecule has 0 aromatic carbocycles. The highest BCUT2D eigenvalue weighted by Gasteiger charge is 2.22. The lowest BCUT2D eigenvalue weighted by atomic mass is 9.97. The third kappa shape index (κ3) is 2.47. The van der Waals surface area contributed by atoms with Crippen molar-refractivity contribution in [2.75, 3.05) is 0 Å². The van der Waals surface area contributed by atoms with Crippen LogP contribution in [0.4, 0.5) is 0 Å². The van der Waals surface area contributed by atoms with Crippen LogP contribution in [0.3, 0.4) is 0 Å². The first-order valence-electron chi connectivity index (χ1n) is 4.14. The molecule has 0 aliphatic heterocycles. The lowest BCUT2D eigenvalue weighted by molar-refractivity contribution is 0.0523. The number of halogens is 2. The predicted molar refractivity (Wildman–Crippen MR) is 53.7 cm³/mol. The molecule has 1 rings (SSSR count). The Morgan fingerprint density at radius 2 is 2.00 bits per heavy atom. The molecular weight excluding hydrogens is 211 g/mol. The Bertz CT molecular complexity index is 256. The highest BCUT2D eigenvalue weighted by Crippen LogP contribution is 2.33. The van der Waals surface area contributed by atoms with E-state index in [4.69, 9.17) is 23.2 Å². The van der Waals surface area contributed by atoms with Gasteiger partial charge in [-0.2, -0.15) is 0 Å². The fourth-order valence-corrected chi connectivity index (χ4v) is 1.79. The second-order valence-electron chi connectivity index (χ2n) is 3.12. The quantitative estimate of drug-likeness (QED) is 0.752. The van der Waals surface area contributed by atoms with Gasteiger partial charge in [0.15, 0.2) is 0 Å². The van der Waals surface area contributed by atoms with Crippen molar-refractivity contribution in [1.29, 1.82) is 0 Å². The molecule has 0 aromatic heterocycles. The van der Waals surface area contributed by atoms with Crippen LogP contribution in [-0.2, 0) is 0 Å². The van der Waals surface area contributed by atoms with Crippen molar-refractivity contribution in [2.45, 2.75) is 32.0 Å². The summed E-state index contributed by atoms with van der Waals surface area (Å²) in [6.07, 6.45) is 1.50. The monoisotopic (exact) mass is 222 g/mol. The molecule has 2 N–H and O–H groups in total. The summed E-state index contributed by atoms with van der Waals surface area (Å²) < 4.78 is 0. The van der Waals surface area contributed by atoms with E-state index >= 15 is 0 Å². The number of hydrogen-bond donors (Lipinski definition) is 2. The zero-order valence-corrected chi connectivity index (χ0v) is 8.81. The van der Waals surface area contributed by atoms with Crippen molar-refractivity contribution < 1.29 is 10.2 Å². The smallest absolute Gasteiger partial charge is 0.102 e. The first-order chi connectivity index (χ1) is 6.04. The molecule has 0 saturated carbocycles. The lowest BCUT2D eigenvalue weighted by Crippen LogP contribution is -2.26. The molecule has 4 heteroatoms. The Morgan fingerprint density at radius 3 is 2.54 bits per heavy atom. The minimum Gasteiger partial charge on any atom is -0.390 e. The van der Waals surface area contributed by atoms with Crippen molar-refractivity contribution in [1.82, 2.24) is 0 Å². The maximum atomic E-state index is 9.56. The number of rotatable bonds is 2. The normalized spacial score (nSPS) is 22.7. The third-order valence-corrected chi connectivity index (χ3v) is 2.93. The van der Waals surface area contributed by atoms with E-state index in [9.17, 15) is 10.2 Å². The van der Waals surface area contributed by atoms with Gasteiger partial charge in [0.25, 0.3) is 0 Å². The fourth-order valence-electron chi connectivity index (χ4n) is 1.28. The average Bonchev–Trinajstić information content (AvgIpc) is 2.08. The van der Waals surface area contributed by atoms with Gasteiger partial charge >= 0.3 is 0 Å². The molecule has 0 fully saturated rings. The number of aliphatic hydroxyl groups excluding tert-OH is 2. The molecule has 0 saturated heterocycles. The van der Waals surface area contributed by atoms with E-state index in [0.717, 1.165) is 6.42 Å². The maximum Gasteiger partial charge on any atom is 0.102 e. The molecule has 1 aliphatic rings. The molecule has 13 heavy (non-hydrogen) atoms. The second kappa shape index (κ2) is 4.47. The van der Waals surface area contributed by atoms with Crippen LogP contribution in [0.5, 0.6) is 0 Å². The molecular formula is C9H12Cl2O2. The largest absolute Gasteiger partial charge is 0.390 e. The highest BCUT2D eigenvalue weighted by molar-refractivity contribution is 6.44. The first-order valence-corrected chi connectivity index (χ1v) is 4.90. The van der Waals surface area contributed by atoms with Crippen LogP contribution in [0.2, 0.25) is 0 Å². The number of hydrogen-bond acceptors (Lipinski definition) is 2. The summed E-state index contributed by atoms with van der Waals surface area (Å²) >= 11 is 11.7. The molecule has 2 nitrogen and oxygen atoms in total. The van der Waals surface area contributed by atoms with Crippen molar-refractivity contribution in [3.05, 3.63) is 21.7 Å². The average molecular weight is 223 g/mol. The van der Waals surface area contributed by atoms with Gasteiger partial charge in [-0.3, -0.25) is 0 Å². The summed E-state index contributed by atoms with van der Waals surface area (Å²) in [5.74, 6) is 0. The zero-order valence-electron chi connectivity index (χ0n) is 7.30. The molecule has 1 aliphatic carbocycles. The second-order valence-corrected chi connectivity index (χ2v) is 3.90. The van der Waals surface area contributed by atoms with Crippen LogP contribution >= 0.6 is 23.2 Å². The van der Waals surface area contributed by atoms with Gasteiger partial charge in [0.05, 0.1) is 16.2 Å². The summed E-state index contributed by atoms with van der Waals surface area (Å²) in [6, 6.07) is 0. The summed E-state index contributed by atoms with van der Waals surface area (Å²) in [6.45, 7) is 1.52. The van der Waals surface area contributed by atoms with Gasteiger partial charge in [-0.15, -0.1) is 0 Å². The van der Waals surface area contributed by atoms with E-state index in [1.54, 1.807) is 0 Å². The van der Waals surface area contributed by atoms with Crippen LogP contribution in [0.1, 0.15) is 19.8 Å². The van der Waals surface area contributed by atoms with E-state index in [-0.39, 0.29) is 0 Å². The molecule has 0 radical (unpaired) electrons. The Hall–Kier alpha value is -0.0200. The van der Waals surface area contributed by atoms with Gasteiger partial charge in [0.1, 0.15) is 6.10 Å². The molecule has 0 amide bonds. The van der Waals surface area contributed by atoms with Gasteiger partial charge in [-0.05, 0) is 25.3 Å². The zero-order chi connectivity index (χ0) is 10.0. The van der Waals surface area contributed by atoms with Crippen molar-refractivity contribution in [3.63, 3.8) is 0 Å². The van der Waals surface area contributed by atoms with Crippen LogP contribution < -0.4 is 0 Å². The van der Waals surface area contributed by atoms with Crippen LogP contribution in [0.15, 0.2) is 21.7 Å². The fraction of sp³-hybridized carbons (Fsp3) is 0.556. The summed E-state index contributed by atoms with van der Waals surface area (Å²) in [7, 11) is 0. The van der Waals surface area contributed by atoms with Gasteiger partial charge in [-0.25, -0.2) is 0 Å². The lowest BCUT2D eigenvalue weighted by Gasteiger charge is -2.21. The third-order valence-electron chi connectivity index (χ3n) is 2.04. The molecule has 2 atom stereocenters. The van der Waals surface area contributed by atoms with Crippen LogP contribution in [0.25, 0.3) is 0 Å². The summed E-state index contributed by atoms with van der Waals surface area (Å²) in [5, 5.41) is 19.6. The van der Waals surface area contributed by atoms with Crippen LogP contribution in [0, 0.1) is 0 Å². The maximum absolute atomic E-state index is 9.56. The van der Waals surface area contributed by atoms with Gasteiger partial charge < -0.3 is 10.2 Å². The molecule has 0 aromatic rings. The van der Waals surface area contributed by atoms with Crippen molar-refractivity contribution in [3.8, 4) is 0 Å². The predicted octanol–water partition coefficient (Wildman–Crippen LogP) is 2.14. The summed E-state index contributed by atoms with van der Waals surface area (Å²) in [5.41, 5.74) is 0.629. The van der Waals surface area contributed by atoms with E-state index in [1.807, 2.05) is 6.08 Å². The SMILES string of the molecule is C[C@H](O)[C@@H](O)C1=C(Cl)C(Cl)=CCC1. The van der Waals surface area contributed by atoms with Gasteiger partial charge in [0, 0.05) is 0 Å². The Morgan fingerprint density at radius 1 is 1.38 bits per heavy atom. The Labute approximate surface area is 87.5 Å². The Balaban J connectivity index is 2.90. The molecule has 0 unspecified atom stereocenters. The standard InChI is InChI=1S/C9H12Cl2O2/c1-5(12)9(13)6-3-2-4-7(10)8(6)11/h4-5,9,12-13H,2-3H2,1H3/t5-,9+/m0/s1. The van der Waals surface area contributed by atoms with E-state index in [1.165, 1.54) is 6.92 Å². The van der Waals surface area contributed by atoms with E-state index < -0.39 is 12.2 Å². The summed E-state index contributed by atoms with van der Waals surface area (Å²) in [4.78, 5) is 0. The van der Waals surface area contributed by atoms with Gasteiger partial charge in [-0.1, -0.05) is 29.3 Å². The van der Waals surface area contributed by atoms with Crippen molar-refractivity contribution >= 4 is 23.2 Å². The molecule has 0 spiro atoms. The minimum absolute atomic E-state index is 0.376. The van der Waals surface area contributed by atoms with E-state index in [0.29, 0.717) is 22.1 Å². The van der Waals surface area contributed by atoms with Crippen LogP contribution in [-0.4, -0.2) is 22.4 Å². The Kier molecular flexibility index (Phi) is 3.80. The number of allylic oxidation sites excluding steroid dienone is 3. The molecule has 74 valence electrons. The minimum atomic E-state index is -0.907. The first kappa shape index (κ1) is 11.1. The highest BCUT2D eigenvalue weighted by atomic mass is 35.5. The van der Waals surface area contributed by atoms with E-state index in [2.05, 4.69) is 0 Å².